The number of hydrogen-bond acceptors (Lipinski definition) is 12. The predicted molar refractivity (Wildman–Crippen MR) is 136 cm³/mol. The lowest BCUT2D eigenvalue weighted by atomic mass is 9.56. The number of aliphatic hydroxyl groups is 2. The molecule has 12 nitrogen and oxygen atoms in total. The van der Waals surface area contributed by atoms with E-state index in [0.717, 1.165) is 6.92 Å². The zero-order valence-corrected chi connectivity index (χ0v) is 23.8. The Labute approximate surface area is 232 Å². The molecular weight excluding hydrogens is 528 g/mol. The second-order valence-electron chi connectivity index (χ2n) is 11.0. The van der Waals surface area contributed by atoms with Gasteiger partial charge in [-0.1, -0.05) is 18.6 Å². The Morgan fingerprint density at radius 3 is 2.12 bits per heavy atom. The topological polar surface area (TPSA) is 172 Å². The van der Waals surface area contributed by atoms with E-state index in [9.17, 15) is 34.2 Å². The molecule has 0 aromatic rings. The van der Waals surface area contributed by atoms with Crippen LogP contribution in [-0.4, -0.2) is 82.8 Å². The molecule has 0 amide bonds. The fourth-order valence-electron chi connectivity index (χ4n) is 6.27. The van der Waals surface area contributed by atoms with Crippen LogP contribution in [0.2, 0.25) is 0 Å². The Morgan fingerprint density at radius 2 is 1.57 bits per heavy atom. The van der Waals surface area contributed by atoms with Crippen LogP contribution in [-0.2, 0) is 47.7 Å². The maximum Gasteiger partial charge on any atom is 0.312 e. The van der Waals surface area contributed by atoms with Gasteiger partial charge in [-0.05, 0) is 25.5 Å². The van der Waals surface area contributed by atoms with Gasteiger partial charge in [0.05, 0.1) is 17.4 Å². The molecule has 40 heavy (non-hydrogen) atoms. The number of rotatable bonds is 5. The molecule has 0 spiro atoms. The summed E-state index contributed by atoms with van der Waals surface area (Å²) in [5, 5.41) is 23.8. The van der Waals surface area contributed by atoms with E-state index < -0.39 is 89.8 Å². The van der Waals surface area contributed by atoms with E-state index in [4.69, 9.17) is 23.7 Å². The third-order valence-corrected chi connectivity index (χ3v) is 8.29. The molecule has 1 heterocycles. The van der Waals surface area contributed by atoms with Gasteiger partial charge < -0.3 is 33.9 Å². The molecule has 1 aliphatic heterocycles. The molecule has 12 heteroatoms. The summed E-state index contributed by atoms with van der Waals surface area (Å²) in [4.78, 5) is 61.7. The molecule has 2 N–H and O–H groups in total. The number of carbonyl (C=O) groups is 5. The van der Waals surface area contributed by atoms with Crippen LogP contribution in [0.25, 0.3) is 0 Å². The van der Waals surface area contributed by atoms with Crippen molar-refractivity contribution >= 4 is 29.8 Å². The van der Waals surface area contributed by atoms with Gasteiger partial charge in [-0.25, -0.2) is 0 Å². The minimum atomic E-state index is -2.19. The van der Waals surface area contributed by atoms with E-state index in [2.05, 4.69) is 0 Å². The van der Waals surface area contributed by atoms with Gasteiger partial charge in [0.25, 0.3) is 0 Å². The fraction of sp³-hybridized carbons (Fsp3) is 0.679. The molecule has 3 rings (SSSR count). The first kappa shape index (κ1) is 31.3. The molecule has 0 saturated carbocycles. The molecule has 0 bridgehead atoms. The number of hydrogen-bond donors (Lipinski definition) is 2. The van der Waals surface area contributed by atoms with Gasteiger partial charge in [0.15, 0.2) is 11.7 Å². The number of aliphatic hydroxyl groups excluding tert-OH is 1. The van der Waals surface area contributed by atoms with Crippen molar-refractivity contribution in [3.8, 4) is 0 Å². The van der Waals surface area contributed by atoms with Crippen LogP contribution in [0.15, 0.2) is 23.3 Å². The molecule has 3 aliphatic rings. The van der Waals surface area contributed by atoms with E-state index in [1.807, 2.05) is 0 Å². The van der Waals surface area contributed by atoms with Crippen LogP contribution in [0.1, 0.15) is 61.3 Å². The van der Waals surface area contributed by atoms with Crippen LogP contribution in [0, 0.1) is 17.3 Å². The molecule has 1 fully saturated rings. The highest BCUT2D eigenvalue weighted by Gasteiger charge is 2.67. The predicted octanol–water partition coefficient (Wildman–Crippen LogP) is 1.30. The summed E-state index contributed by atoms with van der Waals surface area (Å²) in [5.74, 6) is -5.71. The minimum Gasteiger partial charge on any atom is -0.462 e. The first-order valence-corrected chi connectivity index (χ1v) is 13.2. The maximum atomic E-state index is 12.9. The van der Waals surface area contributed by atoms with Crippen molar-refractivity contribution in [3.05, 3.63) is 23.3 Å². The quantitative estimate of drug-likeness (QED) is 0.278. The van der Waals surface area contributed by atoms with Crippen LogP contribution < -0.4 is 0 Å². The molecule has 222 valence electrons. The average Bonchev–Trinajstić information content (AvgIpc) is 3.05. The summed E-state index contributed by atoms with van der Waals surface area (Å²) in [6, 6.07) is 0. The van der Waals surface area contributed by atoms with E-state index in [-0.39, 0.29) is 18.4 Å². The summed E-state index contributed by atoms with van der Waals surface area (Å²) in [5.41, 5.74) is -2.91. The molecule has 0 aromatic carbocycles. The summed E-state index contributed by atoms with van der Waals surface area (Å²) in [6.07, 6.45) is -3.40. The Balaban J connectivity index is 2.39. The van der Waals surface area contributed by atoms with Crippen LogP contribution in [0.5, 0.6) is 0 Å². The van der Waals surface area contributed by atoms with Crippen LogP contribution in [0.4, 0.5) is 0 Å². The lowest BCUT2D eigenvalue weighted by molar-refractivity contribution is -0.218. The monoisotopic (exact) mass is 566 g/mol. The lowest BCUT2D eigenvalue weighted by Gasteiger charge is -2.54. The van der Waals surface area contributed by atoms with E-state index in [0.29, 0.717) is 5.57 Å². The standard InChI is InChI=1S/C28H38O12/c1-13-8-9-21(37-16(4)30)27(7)22(38-17(5)31)11-20(33)19(12-36-15(3)29)10-23-28(35,14(2)26(34)40-23)25(24(13)27)39-18(6)32/h8,10,14,20-25,33,35H,9,11-12H2,1-7H3. The van der Waals surface area contributed by atoms with Gasteiger partial charge >= 0.3 is 29.8 Å². The largest absolute Gasteiger partial charge is 0.462 e. The first-order chi connectivity index (χ1) is 18.5. The van der Waals surface area contributed by atoms with Gasteiger partial charge in [-0.2, -0.15) is 0 Å². The van der Waals surface area contributed by atoms with E-state index in [1.54, 1.807) is 19.9 Å². The third kappa shape index (κ3) is 5.78. The molecule has 2 aliphatic carbocycles. The van der Waals surface area contributed by atoms with Crippen molar-refractivity contribution in [2.24, 2.45) is 17.3 Å². The molecule has 0 radical (unpaired) electrons. The second kappa shape index (κ2) is 11.7. The Bertz CT molecular complexity index is 1120. The molecule has 9 atom stereocenters. The highest BCUT2D eigenvalue weighted by atomic mass is 16.6. The van der Waals surface area contributed by atoms with E-state index in [1.165, 1.54) is 33.8 Å². The second-order valence-corrected chi connectivity index (χ2v) is 11.0. The van der Waals surface area contributed by atoms with Gasteiger partial charge in [0.2, 0.25) is 0 Å². The highest BCUT2D eigenvalue weighted by molar-refractivity contribution is 5.78. The molecule has 1 saturated heterocycles. The van der Waals surface area contributed by atoms with Gasteiger partial charge in [-0.15, -0.1) is 0 Å². The zero-order chi connectivity index (χ0) is 30.2. The molecule has 9 unspecified atom stereocenters. The Kier molecular flexibility index (Phi) is 9.15. The Hall–Kier alpha value is -3.25. The normalized spacial score (nSPS) is 37.4. The van der Waals surface area contributed by atoms with Gasteiger partial charge in [-0.3, -0.25) is 24.0 Å². The highest BCUT2D eigenvalue weighted by Crippen LogP contribution is 2.55. The van der Waals surface area contributed by atoms with Crippen molar-refractivity contribution in [2.45, 2.75) is 97.4 Å². The Morgan fingerprint density at radius 1 is 1.00 bits per heavy atom. The van der Waals surface area contributed by atoms with Gasteiger partial charge in [0.1, 0.15) is 24.9 Å². The van der Waals surface area contributed by atoms with Gasteiger partial charge in [0, 0.05) is 46.5 Å². The van der Waals surface area contributed by atoms with E-state index >= 15 is 0 Å². The lowest BCUT2D eigenvalue weighted by Crippen LogP contribution is -2.65. The number of ether oxygens (including phenoxy) is 5. The van der Waals surface area contributed by atoms with Crippen molar-refractivity contribution in [1.29, 1.82) is 0 Å². The third-order valence-electron chi connectivity index (χ3n) is 8.29. The summed E-state index contributed by atoms with van der Waals surface area (Å²) in [7, 11) is 0. The molecular formula is C28H38O12. The maximum absolute atomic E-state index is 12.9. The van der Waals surface area contributed by atoms with Crippen molar-refractivity contribution in [2.75, 3.05) is 6.61 Å². The summed E-state index contributed by atoms with van der Waals surface area (Å²) in [6.45, 7) is 9.13. The van der Waals surface area contributed by atoms with Crippen molar-refractivity contribution in [1.82, 2.24) is 0 Å². The minimum absolute atomic E-state index is 0.0633. The summed E-state index contributed by atoms with van der Waals surface area (Å²) < 4.78 is 28.0. The number of fused-ring (bicyclic) bond motifs is 2. The summed E-state index contributed by atoms with van der Waals surface area (Å²) >= 11 is 0. The smallest absolute Gasteiger partial charge is 0.312 e. The molecule has 0 aromatic heterocycles. The van der Waals surface area contributed by atoms with Crippen molar-refractivity contribution < 1.29 is 57.9 Å². The zero-order valence-electron chi connectivity index (χ0n) is 23.8. The SMILES string of the molecule is CC(=O)OCC1=CC2OC(=O)C(C)C2(O)C(OC(C)=O)C2C(C)=CCC(OC(C)=O)C2(C)C(OC(C)=O)CC1O. The number of carbonyl (C=O) groups excluding carboxylic acids is 5. The van der Waals surface area contributed by atoms with Crippen molar-refractivity contribution in [3.63, 3.8) is 0 Å². The average molecular weight is 567 g/mol. The fourth-order valence-corrected chi connectivity index (χ4v) is 6.27. The van der Waals surface area contributed by atoms with Crippen LogP contribution >= 0.6 is 0 Å². The van der Waals surface area contributed by atoms with Crippen LogP contribution in [0.3, 0.4) is 0 Å². The first-order valence-electron chi connectivity index (χ1n) is 13.2. The number of esters is 5.